The van der Waals surface area contributed by atoms with Crippen LogP contribution >= 0.6 is 0 Å². The molecule has 11 nitrogen and oxygen atoms in total. The third-order valence-corrected chi connectivity index (χ3v) is 6.34. The van der Waals surface area contributed by atoms with E-state index in [0.29, 0.717) is 11.9 Å². The van der Waals surface area contributed by atoms with E-state index in [1.54, 1.807) is 0 Å². The highest BCUT2D eigenvalue weighted by molar-refractivity contribution is 5.86. The molecule has 0 bridgehead atoms. The Morgan fingerprint density at radius 2 is 1.51 bits per heavy atom. The number of nitrogens with one attached hydrogen (secondary N) is 1. The van der Waals surface area contributed by atoms with Crippen LogP contribution < -0.4 is 15.2 Å². The molecule has 0 spiro atoms. The molecule has 4 aromatic rings. The molecule has 3 aromatic carbocycles. The summed E-state index contributed by atoms with van der Waals surface area (Å²) in [5.41, 5.74) is 4.39. The molecule has 1 aliphatic heterocycles. The number of hydrogen-bond donors (Lipinski definition) is 2. The van der Waals surface area contributed by atoms with Crippen LogP contribution in [0.4, 0.5) is 34.9 Å². The molecule has 1 saturated heterocycles. The topological polar surface area (TPSA) is 133 Å². The van der Waals surface area contributed by atoms with Crippen molar-refractivity contribution in [2.24, 2.45) is 5.10 Å². The second kappa shape index (κ2) is 12.0. The number of rotatable bonds is 8. The molecule has 2 heterocycles. The van der Waals surface area contributed by atoms with Crippen LogP contribution in [0.15, 0.2) is 84.0 Å². The highest BCUT2D eigenvalue weighted by Gasteiger charge is 2.21. The number of benzene rings is 3. The Balaban J connectivity index is 1.54. The SMILES string of the molecule is O=[N+]([O-])c1cccc(/C=N\Nc2nc(N3CCCCCC3)nc(N(c3ccccc3)c3ccccc3)n2)c1O. The van der Waals surface area contributed by atoms with Crippen LogP contribution in [-0.2, 0) is 0 Å². The third-order valence-electron chi connectivity index (χ3n) is 6.34. The number of aromatic nitrogens is 3. The van der Waals surface area contributed by atoms with Crippen LogP contribution in [0.3, 0.4) is 0 Å². The summed E-state index contributed by atoms with van der Waals surface area (Å²) < 4.78 is 0. The molecule has 1 fully saturated rings. The Morgan fingerprint density at radius 1 is 0.872 bits per heavy atom. The maximum atomic E-state index is 11.2. The van der Waals surface area contributed by atoms with Crippen molar-refractivity contribution in [3.05, 3.63) is 94.5 Å². The van der Waals surface area contributed by atoms with Gasteiger partial charge in [-0.15, -0.1) is 0 Å². The number of nitro groups is 1. The summed E-state index contributed by atoms with van der Waals surface area (Å²) in [7, 11) is 0. The average molecular weight is 525 g/mol. The number of nitrogens with zero attached hydrogens (tertiary/aromatic N) is 7. The molecule has 2 N–H and O–H groups in total. The highest BCUT2D eigenvalue weighted by atomic mass is 16.6. The molecule has 0 saturated carbocycles. The summed E-state index contributed by atoms with van der Waals surface area (Å²) in [6, 6.07) is 23.9. The zero-order valence-electron chi connectivity index (χ0n) is 21.2. The van der Waals surface area contributed by atoms with Gasteiger partial charge in [0.2, 0.25) is 23.6 Å². The van der Waals surface area contributed by atoms with Gasteiger partial charge in [0.1, 0.15) is 0 Å². The van der Waals surface area contributed by atoms with Crippen LogP contribution in [-0.4, -0.2) is 44.3 Å². The number of hydrazone groups is 1. The number of phenolic OH excluding ortho intramolecular Hbond substituents is 1. The van der Waals surface area contributed by atoms with Gasteiger partial charge in [-0.25, -0.2) is 5.43 Å². The van der Waals surface area contributed by atoms with Gasteiger partial charge < -0.3 is 10.0 Å². The van der Waals surface area contributed by atoms with Crippen molar-refractivity contribution in [3.63, 3.8) is 0 Å². The molecule has 5 rings (SSSR count). The summed E-state index contributed by atoms with van der Waals surface area (Å²) in [6.45, 7) is 1.68. The molecular weight excluding hydrogens is 496 g/mol. The lowest BCUT2D eigenvalue weighted by atomic mass is 10.2. The molecule has 1 aliphatic rings. The van der Waals surface area contributed by atoms with Crippen LogP contribution in [0.2, 0.25) is 0 Å². The van der Waals surface area contributed by atoms with Crippen LogP contribution in [0.25, 0.3) is 0 Å². The second-order valence-corrected chi connectivity index (χ2v) is 9.01. The van der Waals surface area contributed by atoms with Gasteiger partial charge in [-0.2, -0.15) is 20.1 Å². The lowest BCUT2D eigenvalue weighted by Crippen LogP contribution is -2.27. The quantitative estimate of drug-likeness (QED) is 0.167. The summed E-state index contributed by atoms with van der Waals surface area (Å²) >= 11 is 0. The van der Waals surface area contributed by atoms with Crippen molar-refractivity contribution < 1.29 is 10.0 Å². The fourth-order valence-electron chi connectivity index (χ4n) is 4.41. The Labute approximate surface area is 225 Å². The fourth-order valence-corrected chi connectivity index (χ4v) is 4.41. The van der Waals surface area contributed by atoms with Gasteiger partial charge >= 0.3 is 5.69 Å². The van der Waals surface area contributed by atoms with Gasteiger partial charge in [0.25, 0.3) is 0 Å². The van der Waals surface area contributed by atoms with E-state index in [4.69, 9.17) is 4.98 Å². The zero-order chi connectivity index (χ0) is 27.0. The maximum absolute atomic E-state index is 11.2. The van der Waals surface area contributed by atoms with Gasteiger partial charge in [0.15, 0.2) is 0 Å². The minimum absolute atomic E-state index is 0.189. The van der Waals surface area contributed by atoms with Crippen LogP contribution in [0, 0.1) is 10.1 Å². The van der Waals surface area contributed by atoms with E-state index >= 15 is 0 Å². The molecule has 0 aliphatic carbocycles. The van der Waals surface area contributed by atoms with E-state index in [1.807, 2.05) is 65.6 Å². The average Bonchev–Trinajstić information content (AvgIpc) is 3.25. The normalized spacial score (nSPS) is 13.7. The minimum Gasteiger partial charge on any atom is -0.502 e. The van der Waals surface area contributed by atoms with E-state index in [2.05, 4.69) is 25.4 Å². The maximum Gasteiger partial charge on any atom is 0.311 e. The molecule has 0 amide bonds. The smallest absolute Gasteiger partial charge is 0.311 e. The van der Waals surface area contributed by atoms with Gasteiger partial charge in [0, 0.05) is 36.1 Å². The van der Waals surface area contributed by atoms with E-state index < -0.39 is 16.4 Å². The van der Waals surface area contributed by atoms with E-state index in [0.717, 1.165) is 50.1 Å². The lowest BCUT2D eigenvalue weighted by molar-refractivity contribution is -0.385. The molecule has 11 heteroatoms. The van der Waals surface area contributed by atoms with E-state index in [9.17, 15) is 15.2 Å². The Morgan fingerprint density at radius 3 is 2.13 bits per heavy atom. The summed E-state index contributed by atoms with van der Waals surface area (Å²) in [5.74, 6) is 0.693. The Hall–Kier alpha value is -5.06. The molecular formula is C28H28N8O3. The lowest BCUT2D eigenvalue weighted by Gasteiger charge is -2.26. The molecule has 0 radical (unpaired) electrons. The largest absolute Gasteiger partial charge is 0.502 e. The van der Waals surface area contributed by atoms with Gasteiger partial charge in [0.05, 0.1) is 11.1 Å². The Kier molecular flexibility index (Phi) is 7.87. The summed E-state index contributed by atoms with van der Waals surface area (Å²) in [4.78, 5) is 28.9. The van der Waals surface area contributed by atoms with Crippen molar-refractivity contribution in [1.29, 1.82) is 0 Å². The van der Waals surface area contributed by atoms with Crippen LogP contribution in [0.1, 0.15) is 31.2 Å². The standard InChI is InChI=1S/C28H28N8O3/c37-25-21(12-11-17-24(25)36(38)39)20-29-33-26-30-27(34-18-9-1-2-10-19-34)32-28(31-26)35(22-13-5-3-6-14-22)23-15-7-4-8-16-23/h3-8,11-17,20,37H,1-2,9-10,18-19H2,(H,30,31,32,33)/b29-20-. The number of aromatic hydroxyl groups is 1. The van der Waals surface area contributed by atoms with Crippen molar-refractivity contribution in [3.8, 4) is 5.75 Å². The van der Waals surface area contributed by atoms with Gasteiger partial charge in [-0.05, 0) is 43.2 Å². The molecule has 0 unspecified atom stereocenters. The Bertz CT molecular complexity index is 1400. The molecule has 198 valence electrons. The number of para-hydroxylation sites is 3. The number of nitro benzene ring substituents is 1. The first-order valence-electron chi connectivity index (χ1n) is 12.8. The molecule has 0 atom stereocenters. The summed E-state index contributed by atoms with van der Waals surface area (Å²) in [6.07, 6.45) is 5.72. The highest BCUT2D eigenvalue weighted by Crippen LogP contribution is 2.33. The first kappa shape index (κ1) is 25.6. The number of hydrogen-bond acceptors (Lipinski definition) is 10. The van der Waals surface area contributed by atoms with Crippen molar-refractivity contribution in [2.45, 2.75) is 25.7 Å². The van der Waals surface area contributed by atoms with Crippen LogP contribution in [0.5, 0.6) is 5.75 Å². The van der Waals surface area contributed by atoms with Crippen molar-refractivity contribution in [2.75, 3.05) is 28.3 Å². The van der Waals surface area contributed by atoms with E-state index in [1.165, 1.54) is 24.4 Å². The number of anilines is 5. The zero-order valence-corrected chi connectivity index (χ0v) is 21.2. The molecule has 39 heavy (non-hydrogen) atoms. The monoisotopic (exact) mass is 524 g/mol. The van der Waals surface area contributed by atoms with Gasteiger partial charge in [-0.3, -0.25) is 15.0 Å². The predicted molar refractivity (Wildman–Crippen MR) is 151 cm³/mol. The first-order chi connectivity index (χ1) is 19.1. The first-order valence-corrected chi connectivity index (χ1v) is 12.8. The fraction of sp³-hybridized carbons (Fsp3) is 0.214. The third kappa shape index (κ3) is 6.09. The summed E-state index contributed by atoms with van der Waals surface area (Å²) in [5, 5.41) is 25.6. The second-order valence-electron chi connectivity index (χ2n) is 9.01. The van der Waals surface area contributed by atoms with Gasteiger partial charge in [-0.1, -0.05) is 55.3 Å². The minimum atomic E-state index is -0.645. The molecule has 1 aromatic heterocycles. The number of phenols is 1. The predicted octanol–water partition coefficient (Wildman–Crippen LogP) is 5.78. The van der Waals surface area contributed by atoms with Crippen molar-refractivity contribution >= 4 is 41.1 Å². The van der Waals surface area contributed by atoms with E-state index in [-0.39, 0.29) is 11.5 Å². The van der Waals surface area contributed by atoms with Crippen molar-refractivity contribution in [1.82, 2.24) is 15.0 Å².